The molecule has 0 atom stereocenters. The molecule has 11 heteroatoms. The summed E-state index contributed by atoms with van der Waals surface area (Å²) in [4.78, 5) is 17.2. The highest BCUT2D eigenvalue weighted by atomic mass is 32.1. The predicted molar refractivity (Wildman–Crippen MR) is 110 cm³/mol. The lowest BCUT2D eigenvalue weighted by molar-refractivity contribution is 0.103. The number of thiophene rings is 1. The molecule has 0 spiro atoms. The van der Waals surface area contributed by atoms with Crippen molar-refractivity contribution in [3.8, 4) is 28.7 Å². The molecule has 9 nitrogen and oxygen atoms in total. The third-order valence-electron chi connectivity index (χ3n) is 4.11. The van der Waals surface area contributed by atoms with Crippen molar-refractivity contribution in [1.82, 2.24) is 24.4 Å². The monoisotopic (exact) mass is 428 g/mol. The number of benzene rings is 1. The lowest BCUT2D eigenvalue weighted by Gasteiger charge is -2.10. The van der Waals surface area contributed by atoms with Crippen LogP contribution >= 0.6 is 22.9 Å². The third-order valence-corrected chi connectivity index (χ3v) is 5.61. The summed E-state index contributed by atoms with van der Waals surface area (Å²) >= 11 is 2.45. The van der Waals surface area contributed by atoms with Crippen LogP contribution < -0.4 is 14.8 Å². The highest BCUT2D eigenvalue weighted by Gasteiger charge is 2.19. The Hall–Kier alpha value is -3.31. The second-order valence-corrected chi connectivity index (χ2v) is 7.53. The molecular formula is C18H16N6O3S2. The smallest absolute Gasteiger partial charge is 0.267 e. The van der Waals surface area contributed by atoms with Gasteiger partial charge in [-0.15, -0.1) is 16.4 Å². The van der Waals surface area contributed by atoms with Crippen molar-refractivity contribution in [3.63, 3.8) is 0 Å². The molecule has 0 radical (unpaired) electrons. The van der Waals surface area contributed by atoms with Crippen molar-refractivity contribution in [2.75, 3.05) is 19.5 Å². The number of nitrogens with one attached hydrogen (secondary N) is 1. The Kier molecular flexibility index (Phi) is 5.23. The van der Waals surface area contributed by atoms with Crippen molar-refractivity contribution < 1.29 is 14.3 Å². The molecule has 0 saturated heterocycles. The van der Waals surface area contributed by atoms with Gasteiger partial charge in [-0.1, -0.05) is 11.3 Å². The average Bonchev–Trinajstić information content (AvgIpc) is 3.48. The largest absolute Gasteiger partial charge is 0.493 e. The quantitative estimate of drug-likeness (QED) is 0.502. The second kappa shape index (κ2) is 7.97. The number of ether oxygens (including phenoxy) is 2. The van der Waals surface area contributed by atoms with Crippen molar-refractivity contribution >= 4 is 33.9 Å². The second-order valence-electron chi connectivity index (χ2n) is 5.83. The molecule has 1 amide bonds. The summed E-state index contributed by atoms with van der Waals surface area (Å²) in [5, 5.41) is 13.4. The van der Waals surface area contributed by atoms with E-state index in [2.05, 4.69) is 25.0 Å². The number of methoxy groups -OCH3 is 2. The van der Waals surface area contributed by atoms with E-state index in [1.165, 1.54) is 11.3 Å². The number of carbonyl (C=O) groups is 1. The first kappa shape index (κ1) is 19.0. The SMILES string of the molecule is COc1ccc(-n2nnc(-c3nsc(NC(=O)c4cccs4)n3)c2C)cc1OC. The lowest BCUT2D eigenvalue weighted by atomic mass is 10.2. The van der Waals surface area contributed by atoms with E-state index in [1.54, 1.807) is 31.0 Å². The molecule has 0 aliphatic heterocycles. The van der Waals surface area contributed by atoms with Crippen LogP contribution in [0.4, 0.5) is 5.13 Å². The Morgan fingerprint density at radius 2 is 2.00 bits per heavy atom. The number of hydrogen-bond donors (Lipinski definition) is 1. The molecule has 4 rings (SSSR count). The number of anilines is 1. The first-order valence-corrected chi connectivity index (χ1v) is 10.1. The van der Waals surface area contributed by atoms with Gasteiger partial charge >= 0.3 is 0 Å². The Morgan fingerprint density at radius 1 is 1.17 bits per heavy atom. The fourth-order valence-electron chi connectivity index (χ4n) is 2.67. The van der Waals surface area contributed by atoms with Crippen molar-refractivity contribution in [2.24, 2.45) is 0 Å². The van der Waals surface area contributed by atoms with Crippen LogP contribution in [-0.4, -0.2) is 44.5 Å². The van der Waals surface area contributed by atoms with Crippen LogP contribution in [-0.2, 0) is 0 Å². The molecule has 3 heterocycles. The summed E-state index contributed by atoms with van der Waals surface area (Å²) in [5.74, 6) is 1.41. The van der Waals surface area contributed by atoms with Gasteiger partial charge in [-0.3, -0.25) is 10.1 Å². The molecular weight excluding hydrogens is 412 g/mol. The first-order valence-electron chi connectivity index (χ1n) is 8.44. The number of hydrogen-bond acceptors (Lipinski definition) is 9. The minimum Gasteiger partial charge on any atom is -0.493 e. The Morgan fingerprint density at radius 3 is 2.72 bits per heavy atom. The van der Waals surface area contributed by atoms with Crippen LogP contribution in [0.3, 0.4) is 0 Å². The molecule has 29 heavy (non-hydrogen) atoms. The Labute approximate surface area is 174 Å². The summed E-state index contributed by atoms with van der Waals surface area (Å²) < 4.78 is 16.6. The fourth-order valence-corrected chi connectivity index (χ4v) is 3.86. The number of amides is 1. The van der Waals surface area contributed by atoms with Crippen LogP contribution in [0.25, 0.3) is 17.2 Å². The van der Waals surface area contributed by atoms with Gasteiger partial charge in [-0.25, -0.2) is 4.68 Å². The minimum absolute atomic E-state index is 0.214. The zero-order chi connectivity index (χ0) is 20.4. The number of rotatable bonds is 6. The molecule has 0 aliphatic carbocycles. The van der Waals surface area contributed by atoms with E-state index < -0.39 is 0 Å². The molecule has 4 aromatic rings. The molecule has 1 N–H and O–H groups in total. The third kappa shape index (κ3) is 3.69. The topological polar surface area (TPSA) is 104 Å². The predicted octanol–water partition coefficient (Wildman–Crippen LogP) is 3.43. The standard InChI is InChI=1S/C18H16N6O3S2/c1-10-15(16-19-18(29-22-16)20-17(25)14-5-4-8-28-14)21-23-24(10)11-6-7-12(26-2)13(9-11)27-3/h4-9H,1-3H3,(H,19,20,22,25). The normalized spacial score (nSPS) is 10.7. The molecule has 0 unspecified atom stereocenters. The van der Waals surface area contributed by atoms with Gasteiger partial charge in [0.25, 0.3) is 5.91 Å². The van der Waals surface area contributed by atoms with E-state index in [4.69, 9.17) is 9.47 Å². The fraction of sp³-hybridized carbons (Fsp3) is 0.167. The first-order chi connectivity index (χ1) is 14.1. The number of nitrogens with zero attached hydrogens (tertiary/aromatic N) is 5. The average molecular weight is 428 g/mol. The highest BCUT2D eigenvalue weighted by molar-refractivity contribution is 7.12. The molecule has 3 aromatic heterocycles. The van der Waals surface area contributed by atoms with E-state index in [9.17, 15) is 4.79 Å². The molecule has 148 valence electrons. The molecule has 0 saturated carbocycles. The van der Waals surface area contributed by atoms with Gasteiger partial charge in [0.2, 0.25) is 5.13 Å². The number of aromatic nitrogens is 5. The van der Waals surface area contributed by atoms with Crippen molar-refractivity contribution in [1.29, 1.82) is 0 Å². The van der Waals surface area contributed by atoms with Crippen LogP contribution in [0.1, 0.15) is 15.4 Å². The van der Waals surface area contributed by atoms with Crippen LogP contribution in [0.2, 0.25) is 0 Å². The summed E-state index contributed by atoms with van der Waals surface area (Å²) in [6.07, 6.45) is 0. The van der Waals surface area contributed by atoms with Crippen molar-refractivity contribution in [2.45, 2.75) is 6.92 Å². The lowest BCUT2D eigenvalue weighted by Crippen LogP contribution is -2.09. The van der Waals surface area contributed by atoms with Crippen LogP contribution in [0.15, 0.2) is 35.7 Å². The molecule has 0 bridgehead atoms. The van der Waals surface area contributed by atoms with E-state index in [-0.39, 0.29) is 5.91 Å². The van der Waals surface area contributed by atoms with Gasteiger partial charge in [0.15, 0.2) is 23.0 Å². The summed E-state index contributed by atoms with van der Waals surface area (Å²) in [5.41, 5.74) is 2.05. The van der Waals surface area contributed by atoms with Crippen molar-refractivity contribution in [3.05, 3.63) is 46.3 Å². The van der Waals surface area contributed by atoms with Crippen LogP contribution in [0, 0.1) is 6.92 Å². The summed E-state index contributed by atoms with van der Waals surface area (Å²) in [7, 11) is 3.16. The Balaban J connectivity index is 1.59. The van der Waals surface area contributed by atoms with Crippen LogP contribution in [0.5, 0.6) is 11.5 Å². The van der Waals surface area contributed by atoms with Gasteiger partial charge in [0, 0.05) is 17.6 Å². The summed E-state index contributed by atoms with van der Waals surface area (Å²) in [6, 6.07) is 9.04. The van der Waals surface area contributed by atoms with Gasteiger partial charge in [0.05, 0.1) is 30.5 Å². The zero-order valence-corrected chi connectivity index (χ0v) is 17.4. The molecule has 1 aromatic carbocycles. The van der Waals surface area contributed by atoms with E-state index in [0.29, 0.717) is 33.0 Å². The van der Waals surface area contributed by atoms with E-state index in [1.807, 2.05) is 30.5 Å². The summed E-state index contributed by atoms with van der Waals surface area (Å²) in [6.45, 7) is 1.87. The van der Waals surface area contributed by atoms with Gasteiger partial charge in [-0.2, -0.15) is 9.36 Å². The molecule has 0 fully saturated rings. The maximum absolute atomic E-state index is 12.2. The minimum atomic E-state index is -0.214. The van der Waals surface area contributed by atoms with Gasteiger partial charge in [-0.05, 0) is 30.5 Å². The highest BCUT2D eigenvalue weighted by Crippen LogP contribution is 2.30. The Bertz CT molecular complexity index is 1150. The maximum atomic E-state index is 12.2. The van der Waals surface area contributed by atoms with E-state index >= 15 is 0 Å². The molecule has 0 aliphatic rings. The zero-order valence-electron chi connectivity index (χ0n) is 15.7. The van der Waals surface area contributed by atoms with E-state index in [0.717, 1.165) is 22.9 Å². The maximum Gasteiger partial charge on any atom is 0.267 e. The van der Waals surface area contributed by atoms with Gasteiger partial charge < -0.3 is 9.47 Å². The number of carbonyl (C=O) groups excluding carboxylic acids is 1. The van der Waals surface area contributed by atoms with Gasteiger partial charge in [0.1, 0.15) is 0 Å².